The van der Waals surface area contributed by atoms with Gasteiger partial charge in [-0.05, 0) is 11.4 Å². The first kappa shape index (κ1) is 10.1. The summed E-state index contributed by atoms with van der Waals surface area (Å²) in [6.45, 7) is 0.349. The average molecular weight is 222 g/mol. The van der Waals surface area contributed by atoms with Crippen LogP contribution >= 0.6 is 11.3 Å². The van der Waals surface area contributed by atoms with Crippen molar-refractivity contribution in [1.82, 2.24) is 9.97 Å². The fourth-order valence-corrected chi connectivity index (χ4v) is 1.93. The molecular weight excluding hydrogens is 212 g/mol. The number of nitrogens with one attached hydrogen (secondary N) is 1. The Kier molecular flexibility index (Phi) is 2.94. The highest BCUT2D eigenvalue weighted by Crippen LogP contribution is 2.19. The first-order valence-electron chi connectivity index (χ1n) is 4.42. The van der Waals surface area contributed by atoms with Gasteiger partial charge in [-0.15, -0.1) is 11.3 Å². The lowest BCUT2D eigenvalue weighted by atomic mass is 10.4. The number of H-pyrrole nitrogens is 1. The summed E-state index contributed by atoms with van der Waals surface area (Å²) in [6, 6.07) is 5.28. The van der Waals surface area contributed by atoms with E-state index in [2.05, 4.69) is 9.97 Å². The Balaban J connectivity index is 2.44. The van der Waals surface area contributed by atoms with Gasteiger partial charge in [-0.25, -0.2) is 4.98 Å². The summed E-state index contributed by atoms with van der Waals surface area (Å²) in [5.41, 5.74) is 0.491. The van der Waals surface area contributed by atoms with Crippen LogP contribution in [0.1, 0.15) is 5.69 Å². The minimum absolute atomic E-state index is 0.152. The number of hydrogen-bond donors (Lipinski definition) is 1. The summed E-state index contributed by atoms with van der Waals surface area (Å²) in [6.07, 6.45) is 0. The Bertz CT molecular complexity index is 490. The van der Waals surface area contributed by atoms with Gasteiger partial charge in [0.05, 0.1) is 17.2 Å². The van der Waals surface area contributed by atoms with E-state index < -0.39 is 0 Å². The zero-order valence-corrected chi connectivity index (χ0v) is 9.00. The summed E-state index contributed by atoms with van der Waals surface area (Å²) in [7, 11) is 1.58. The van der Waals surface area contributed by atoms with Crippen LogP contribution in [0.25, 0.3) is 10.7 Å². The molecule has 0 spiro atoms. The van der Waals surface area contributed by atoms with Gasteiger partial charge in [-0.2, -0.15) is 0 Å². The second-order valence-electron chi connectivity index (χ2n) is 3.00. The zero-order valence-electron chi connectivity index (χ0n) is 8.19. The standard InChI is InChI=1S/C10H10N2O2S/c1-14-6-7-5-9(13)12-10(11-7)8-3-2-4-15-8/h2-5H,6H2,1H3,(H,11,12,13). The fraction of sp³-hybridized carbons (Fsp3) is 0.200. The number of rotatable bonds is 3. The molecular formula is C10H10N2O2S. The molecule has 0 aromatic carbocycles. The molecule has 0 saturated carbocycles. The van der Waals surface area contributed by atoms with E-state index in [0.717, 1.165) is 4.88 Å². The lowest BCUT2D eigenvalue weighted by Crippen LogP contribution is -2.10. The monoisotopic (exact) mass is 222 g/mol. The van der Waals surface area contributed by atoms with Crippen LogP contribution in [-0.2, 0) is 11.3 Å². The van der Waals surface area contributed by atoms with Crippen LogP contribution < -0.4 is 5.56 Å². The fourth-order valence-electron chi connectivity index (χ4n) is 1.26. The van der Waals surface area contributed by atoms with Crippen molar-refractivity contribution in [2.75, 3.05) is 7.11 Å². The zero-order chi connectivity index (χ0) is 10.7. The van der Waals surface area contributed by atoms with E-state index in [9.17, 15) is 4.79 Å². The third-order valence-electron chi connectivity index (χ3n) is 1.84. The quantitative estimate of drug-likeness (QED) is 0.859. The molecule has 0 unspecified atom stereocenters. The summed E-state index contributed by atoms with van der Waals surface area (Å²) < 4.78 is 4.94. The van der Waals surface area contributed by atoms with Crippen LogP contribution in [0.5, 0.6) is 0 Å². The Morgan fingerprint density at radius 1 is 1.60 bits per heavy atom. The van der Waals surface area contributed by atoms with Gasteiger partial charge in [0.1, 0.15) is 0 Å². The van der Waals surface area contributed by atoms with Crippen molar-refractivity contribution in [3.63, 3.8) is 0 Å². The van der Waals surface area contributed by atoms with E-state index in [4.69, 9.17) is 4.74 Å². The topological polar surface area (TPSA) is 55.0 Å². The molecule has 0 bridgehead atoms. The Morgan fingerprint density at radius 2 is 2.47 bits per heavy atom. The van der Waals surface area contributed by atoms with Crippen LogP contribution in [0.15, 0.2) is 28.4 Å². The van der Waals surface area contributed by atoms with Crippen molar-refractivity contribution in [1.29, 1.82) is 0 Å². The molecule has 2 aromatic heterocycles. The van der Waals surface area contributed by atoms with Crippen LogP contribution in [0, 0.1) is 0 Å². The van der Waals surface area contributed by atoms with Gasteiger partial charge in [0.2, 0.25) is 0 Å². The molecule has 2 aromatic rings. The Labute approximate surface area is 90.6 Å². The van der Waals surface area contributed by atoms with Crippen LogP contribution in [0.3, 0.4) is 0 Å². The molecule has 0 amide bonds. The van der Waals surface area contributed by atoms with Crippen LogP contribution in [0.2, 0.25) is 0 Å². The molecule has 0 saturated heterocycles. The molecule has 0 aliphatic heterocycles. The minimum Gasteiger partial charge on any atom is -0.378 e. The molecule has 5 heteroatoms. The molecule has 0 aliphatic carbocycles. The number of aromatic amines is 1. The summed E-state index contributed by atoms with van der Waals surface area (Å²) in [5, 5.41) is 1.94. The second kappa shape index (κ2) is 4.37. The Morgan fingerprint density at radius 3 is 3.13 bits per heavy atom. The summed E-state index contributed by atoms with van der Waals surface area (Å²) >= 11 is 1.54. The number of thiophene rings is 1. The molecule has 15 heavy (non-hydrogen) atoms. The molecule has 1 N–H and O–H groups in total. The number of hydrogen-bond acceptors (Lipinski definition) is 4. The molecule has 4 nitrogen and oxygen atoms in total. The van der Waals surface area contributed by atoms with Crippen LogP contribution in [-0.4, -0.2) is 17.1 Å². The highest BCUT2D eigenvalue weighted by molar-refractivity contribution is 7.13. The van der Waals surface area contributed by atoms with Gasteiger partial charge in [0.15, 0.2) is 5.82 Å². The maximum Gasteiger partial charge on any atom is 0.251 e. The van der Waals surface area contributed by atoms with Crippen molar-refractivity contribution in [2.45, 2.75) is 6.61 Å². The molecule has 0 aliphatic rings. The van der Waals surface area contributed by atoms with Crippen molar-refractivity contribution in [2.24, 2.45) is 0 Å². The van der Waals surface area contributed by atoms with Gasteiger partial charge in [-0.3, -0.25) is 4.79 Å². The van der Waals surface area contributed by atoms with E-state index in [-0.39, 0.29) is 5.56 Å². The highest BCUT2D eigenvalue weighted by Gasteiger charge is 2.04. The van der Waals surface area contributed by atoms with Crippen molar-refractivity contribution >= 4 is 11.3 Å². The predicted octanol–water partition coefficient (Wildman–Crippen LogP) is 1.64. The van der Waals surface area contributed by atoms with Crippen molar-refractivity contribution in [3.05, 3.63) is 39.6 Å². The average Bonchev–Trinajstić information content (AvgIpc) is 2.70. The van der Waals surface area contributed by atoms with Gasteiger partial charge in [0, 0.05) is 13.2 Å². The number of ether oxygens (including phenoxy) is 1. The SMILES string of the molecule is COCc1cc(=O)[nH]c(-c2cccs2)n1. The third kappa shape index (κ3) is 2.31. The van der Waals surface area contributed by atoms with Gasteiger partial charge in [0.25, 0.3) is 5.56 Å². The second-order valence-corrected chi connectivity index (χ2v) is 3.94. The van der Waals surface area contributed by atoms with Crippen LogP contribution in [0.4, 0.5) is 0 Å². The van der Waals surface area contributed by atoms with Crippen molar-refractivity contribution < 1.29 is 4.74 Å². The summed E-state index contributed by atoms with van der Waals surface area (Å²) in [4.78, 5) is 19.3. The maximum absolute atomic E-state index is 11.3. The molecule has 2 rings (SSSR count). The molecule has 2 heterocycles. The smallest absolute Gasteiger partial charge is 0.251 e. The lowest BCUT2D eigenvalue weighted by Gasteiger charge is -2.01. The number of methoxy groups -OCH3 is 1. The normalized spacial score (nSPS) is 10.5. The Hall–Kier alpha value is -1.46. The van der Waals surface area contributed by atoms with Gasteiger partial charge < -0.3 is 9.72 Å². The first-order chi connectivity index (χ1) is 7.29. The van der Waals surface area contributed by atoms with E-state index in [0.29, 0.717) is 18.1 Å². The molecule has 0 atom stereocenters. The number of nitrogens with zero attached hydrogens (tertiary/aromatic N) is 1. The molecule has 0 fully saturated rings. The lowest BCUT2D eigenvalue weighted by molar-refractivity contribution is 0.181. The van der Waals surface area contributed by atoms with E-state index in [1.807, 2.05) is 17.5 Å². The van der Waals surface area contributed by atoms with E-state index in [1.54, 1.807) is 7.11 Å². The maximum atomic E-state index is 11.3. The first-order valence-corrected chi connectivity index (χ1v) is 5.30. The van der Waals surface area contributed by atoms with Crippen molar-refractivity contribution in [3.8, 4) is 10.7 Å². The largest absolute Gasteiger partial charge is 0.378 e. The number of aromatic nitrogens is 2. The third-order valence-corrected chi connectivity index (χ3v) is 2.72. The highest BCUT2D eigenvalue weighted by atomic mass is 32.1. The van der Waals surface area contributed by atoms with E-state index in [1.165, 1.54) is 17.4 Å². The van der Waals surface area contributed by atoms with Gasteiger partial charge >= 0.3 is 0 Å². The molecule has 0 radical (unpaired) electrons. The van der Waals surface area contributed by atoms with Gasteiger partial charge in [-0.1, -0.05) is 6.07 Å². The van der Waals surface area contributed by atoms with E-state index >= 15 is 0 Å². The molecule has 78 valence electrons. The summed E-state index contributed by atoms with van der Waals surface area (Å²) in [5.74, 6) is 0.601. The predicted molar refractivity (Wildman–Crippen MR) is 58.9 cm³/mol. The minimum atomic E-state index is -0.152.